The average Bonchev–Trinajstić information content (AvgIpc) is 2.30. The summed E-state index contributed by atoms with van der Waals surface area (Å²) < 4.78 is 9.85. The lowest BCUT2D eigenvalue weighted by atomic mass is 10.5. The van der Waals surface area contributed by atoms with Crippen molar-refractivity contribution in [2.45, 2.75) is 0 Å². The highest BCUT2D eigenvalue weighted by atomic mass is 16.5. The van der Waals surface area contributed by atoms with Gasteiger partial charge in [-0.2, -0.15) is 0 Å². The molecule has 1 aromatic rings. The molecule has 2 amide bonds. The fourth-order valence-electron chi connectivity index (χ4n) is 0.928. The molecule has 6 nitrogen and oxygen atoms in total. The van der Waals surface area contributed by atoms with Crippen LogP contribution in [0.1, 0.15) is 0 Å². The number of amides is 2. The zero-order valence-electron chi connectivity index (χ0n) is 9.10. The van der Waals surface area contributed by atoms with Gasteiger partial charge in [-0.15, -0.1) is 0 Å². The fraction of sp³-hybridized carbons (Fsp3) is 0.400. The van der Waals surface area contributed by atoms with Gasteiger partial charge in [-0.3, -0.25) is 5.32 Å². The van der Waals surface area contributed by atoms with Crippen LogP contribution in [0.2, 0.25) is 0 Å². The summed E-state index contributed by atoms with van der Waals surface area (Å²) in [6.07, 6.45) is 1.60. The third-order valence-corrected chi connectivity index (χ3v) is 1.67. The summed E-state index contributed by atoms with van der Waals surface area (Å²) in [5, 5.41) is 5.08. The normalized spacial score (nSPS) is 9.81. The SMILES string of the molecule is COCCOCNC(=O)Nc1ccccn1. The van der Waals surface area contributed by atoms with Crippen LogP contribution in [0.3, 0.4) is 0 Å². The predicted molar refractivity (Wildman–Crippen MR) is 59.1 cm³/mol. The number of pyridine rings is 1. The zero-order valence-corrected chi connectivity index (χ0v) is 9.10. The molecule has 0 atom stereocenters. The van der Waals surface area contributed by atoms with E-state index in [1.165, 1.54) is 0 Å². The number of ether oxygens (including phenoxy) is 2. The lowest BCUT2D eigenvalue weighted by molar-refractivity contribution is 0.0650. The molecule has 0 unspecified atom stereocenters. The Kier molecular flexibility index (Phi) is 5.90. The number of anilines is 1. The van der Waals surface area contributed by atoms with Crippen molar-refractivity contribution in [3.05, 3.63) is 24.4 Å². The first kappa shape index (κ1) is 12.4. The molecule has 88 valence electrons. The first-order valence-electron chi connectivity index (χ1n) is 4.85. The van der Waals surface area contributed by atoms with Crippen LogP contribution in [-0.4, -0.2) is 38.1 Å². The summed E-state index contributed by atoms with van der Waals surface area (Å²) in [7, 11) is 1.59. The van der Waals surface area contributed by atoms with Gasteiger partial charge in [0.15, 0.2) is 0 Å². The van der Waals surface area contributed by atoms with E-state index in [4.69, 9.17) is 9.47 Å². The molecule has 1 aromatic heterocycles. The molecular formula is C10H15N3O3. The predicted octanol–water partition coefficient (Wildman–Crippen LogP) is 0.824. The second-order valence-corrected chi connectivity index (χ2v) is 2.89. The molecule has 0 saturated heterocycles. The van der Waals surface area contributed by atoms with Gasteiger partial charge in [0.2, 0.25) is 0 Å². The molecule has 0 aromatic carbocycles. The zero-order chi connectivity index (χ0) is 11.6. The topological polar surface area (TPSA) is 72.5 Å². The minimum absolute atomic E-state index is 0.141. The Morgan fingerprint density at radius 1 is 1.44 bits per heavy atom. The molecule has 1 heterocycles. The lowest BCUT2D eigenvalue weighted by Crippen LogP contribution is -2.31. The number of nitrogens with one attached hydrogen (secondary N) is 2. The standard InChI is InChI=1S/C10H15N3O3/c1-15-6-7-16-8-12-10(14)13-9-4-2-3-5-11-9/h2-5H,6-8H2,1H3,(H2,11,12,13,14). The first-order valence-corrected chi connectivity index (χ1v) is 4.85. The molecule has 0 fully saturated rings. The van der Waals surface area contributed by atoms with Crippen molar-refractivity contribution in [3.8, 4) is 0 Å². The second kappa shape index (κ2) is 7.61. The lowest BCUT2D eigenvalue weighted by Gasteiger charge is -2.07. The monoisotopic (exact) mass is 225 g/mol. The van der Waals surface area contributed by atoms with E-state index in [-0.39, 0.29) is 12.8 Å². The summed E-state index contributed by atoms with van der Waals surface area (Å²) in [5.74, 6) is 0.497. The van der Waals surface area contributed by atoms with Gasteiger partial charge in [-0.25, -0.2) is 9.78 Å². The van der Waals surface area contributed by atoms with Crippen LogP contribution in [0.4, 0.5) is 10.6 Å². The first-order chi connectivity index (χ1) is 7.83. The van der Waals surface area contributed by atoms with E-state index in [1.54, 1.807) is 31.5 Å². The summed E-state index contributed by atoms with van der Waals surface area (Å²) >= 11 is 0. The van der Waals surface area contributed by atoms with E-state index >= 15 is 0 Å². The smallest absolute Gasteiger partial charge is 0.322 e. The fourth-order valence-corrected chi connectivity index (χ4v) is 0.928. The van der Waals surface area contributed by atoms with Gasteiger partial charge in [-0.05, 0) is 12.1 Å². The largest absolute Gasteiger partial charge is 0.382 e. The molecule has 16 heavy (non-hydrogen) atoms. The third kappa shape index (κ3) is 5.28. The van der Waals surface area contributed by atoms with Gasteiger partial charge in [0.25, 0.3) is 0 Å². The summed E-state index contributed by atoms with van der Waals surface area (Å²) in [6, 6.07) is 4.91. The quantitative estimate of drug-likeness (QED) is 0.555. The van der Waals surface area contributed by atoms with Crippen molar-refractivity contribution in [2.75, 3.05) is 32.4 Å². The number of hydrogen-bond donors (Lipinski definition) is 2. The molecule has 2 N–H and O–H groups in total. The van der Waals surface area contributed by atoms with E-state index in [0.29, 0.717) is 19.0 Å². The molecule has 0 aliphatic heterocycles. The third-order valence-electron chi connectivity index (χ3n) is 1.67. The molecule has 0 radical (unpaired) electrons. The van der Waals surface area contributed by atoms with Crippen molar-refractivity contribution >= 4 is 11.8 Å². The minimum atomic E-state index is -0.351. The Bertz CT molecular complexity index is 305. The summed E-state index contributed by atoms with van der Waals surface area (Å²) in [5.41, 5.74) is 0. The van der Waals surface area contributed by atoms with E-state index in [2.05, 4.69) is 15.6 Å². The maximum atomic E-state index is 11.3. The number of hydrogen-bond acceptors (Lipinski definition) is 4. The number of rotatable bonds is 6. The van der Waals surface area contributed by atoms with Crippen molar-refractivity contribution in [1.29, 1.82) is 0 Å². The highest BCUT2D eigenvalue weighted by molar-refractivity contribution is 5.87. The van der Waals surface area contributed by atoms with E-state index < -0.39 is 0 Å². The Hall–Kier alpha value is -1.66. The molecule has 0 spiro atoms. The highest BCUT2D eigenvalue weighted by Crippen LogP contribution is 1.98. The molecule has 0 aliphatic rings. The van der Waals surface area contributed by atoms with Crippen LogP contribution in [0.25, 0.3) is 0 Å². The maximum absolute atomic E-state index is 11.3. The number of aromatic nitrogens is 1. The average molecular weight is 225 g/mol. The summed E-state index contributed by atoms with van der Waals surface area (Å²) in [4.78, 5) is 15.2. The molecular weight excluding hydrogens is 210 g/mol. The number of carbonyl (C=O) groups is 1. The van der Waals surface area contributed by atoms with Crippen LogP contribution in [0.5, 0.6) is 0 Å². The molecule has 6 heteroatoms. The van der Waals surface area contributed by atoms with Gasteiger partial charge < -0.3 is 14.8 Å². The number of nitrogens with zero attached hydrogens (tertiary/aromatic N) is 1. The maximum Gasteiger partial charge on any atom is 0.322 e. The van der Waals surface area contributed by atoms with Crippen molar-refractivity contribution in [2.24, 2.45) is 0 Å². The van der Waals surface area contributed by atoms with Gasteiger partial charge in [0.05, 0.1) is 13.2 Å². The Labute approximate surface area is 94.0 Å². The Morgan fingerprint density at radius 2 is 2.31 bits per heavy atom. The van der Waals surface area contributed by atoms with E-state index in [1.807, 2.05) is 0 Å². The van der Waals surface area contributed by atoms with Gasteiger partial charge >= 0.3 is 6.03 Å². The summed E-state index contributed by atoms with van der Waals surface area (Å²) in [6.45, 7) is 1.09. The highest BCUT2D eigenvalue weighted by Gasteiger charge is 2.00. The molecule has 0 saturated carbocycles. The Balaban J connectivity index is 2.12. The molecule has 1 rings (SSSR count). The van der Waals surface area contributed by atoms with Crippen molar-refractivity contribution in [3.63, 3.8) is 0 Å². The Morgan fingerprint density at radius 3 is 3.00 bits per heavy atom. The van der Waals surface area contributed by atoms with Crippen molar-refractivity contribution < 1.29 is 14.3 Å². The van der Waals surface area contributed by atoms with Gasteiger partial charge in [0, 0.05) is 13.3 Å². The van der Waals surface area contributed by atoms with Crippen LogP contribution in [-0.2, 0) is 9.47 Å². The second-order valence-electron chi connectivity index (χ2n) is 2.89. The van der Waals surface area contributed by atoms with Gasteiger partial charge in [-0.1, -0.05) is 6.07 Å². The molecule has 0 bridgehead atoms. The van der Waals surface area contributed by atoms with Crippen LogP contribution < -0.4 is 10.6 Å². The van der Waals surface area contributed by atoms with Crippen LogP contribution in [0, 0.1) is 0 Å². The number of carbonyl (C=O) groups excluding carboxylic acids is 1. The van der Waals surface area contributed by atoms with E-state index in [9.17, 15) is 4.79 Å². The number of methoxy groups -OCH3 is 1. The van der Waals surface area contributed by atoms with Crippen LogP contribution >= 0.6 is 0 Å². The molecule has 0 aliphatic carbocycles. The van der Waals surface area contributed by atoms with Crippen molar-refractivity contribution in [1.82, 2.24) is 10.3 Å². The number of urea groups is 1. The van der Waals surface area contributed by atoms with E-state index in [0.717, 1.165) is 0 Å². The van der Waals surface area contributed by atoms with Gasteiger partial charge in [0.1, 0.15) is 12.5 Å². The minimum Gasteiger partial charge on any atom is -0.382 e. The van der Waals surface area contributed by atoms with Crippen LogP contribution in [0.15, 0.2) is 24.4 Å².